The van der Waals surface area contributed by atoms with Crippen LogP contribution in [0.2, 0.25) is 5.02 Å². The molecule has 1 aliphatic heterocycles. The molecule has 2 rings (SSSR count). The molecule has 0 aromatic heterocycles. The molecule has 20 heavy (non-hydrogen) atoms. The number of hydrogen-bond donors (Lipinski definition) is 1. The highest BCUT2D eigenvalue weighted by Crippen LogP contribution is 2.23. The standard InChI is InChI=1S/C12H16ClFN2O3S/c1-15-7-9-8-16(4-5-19-9)20(17,18)10-2-3-12(14)11(13)6-10/h2-3,6,9,15H,4-5,7-8H2,1H3. The van der Waals surface area contributed by atoms with Crippen LogP contribution in [0.3, 0.4) is 0 Å². The minimum absolute atomic E-state index is 0.00555. The second-order valence-electron chi connectivity index (χ2n) is 4.49. The van der Waals surface area contributed by atoms with Crippen molar-refractivity contribution in [3.8, 4) is 0 Å². The van der Waals surface area contributed by atoms with Crippen molar-refractivity contribution < 1.29 is 17.5 Å². The van der Waals surface area contributed by atoms with E-state index in [0.29, 0.717) is 13.2 Å². The molecule has 1 N–H and O–H groups in total. The molecule has 0 saturated carbocycles. The summed E-state index contributed by atoms with van der Waals surface area (Å²) in [5, 5.41) is 2.75. The van der Waals surface area contributed by atoms with E-state index < -0.39 is 15.8 Å². The van der Waals surface area contributed by atoms with E-state index in [9.17, 15) is 12.8 Å². The average Bonchev–Trinajstić information content (AvgIpc) is 2.42. The molecule has 0 radical (unpaired) electrons. The first-order chi connectivity index (χ1) is 9.45. The summed E-state index contributed by atoms with van der Waals surface area (Å²) in [6, 6.07) is 3.41. The average molecular weight is 323 g/mol. The van der Waals surface area contributed by atoms with Crippen LogP contribution < -0.4 is 5.32 Å². The van der Waals surface area contributed by atoms with Crippen molar-refractivity contribution >= 4 is 21.6 Å². The van der Waals surface area contributed by atoms with Crippen LogP contribution in [0.4, 0.5) is 4.39 Å². The number of rotatable bonds is 4. The van der Waals surface area contributed by atoms with Crippen molar-refractivity contribution in [3.05, 3.63) is 29.0 Å². The number of nitrogens with zero attached hydrogens (tertiary/aromatic N) is 1. The number of sulfonamides is 1. The van der Waals surface area contributed by atoms with E-state index >= 15 is 0 Å². The van der Waals surface area contributed by atoms with Crippen LogP contribution in [0.15, 0.2) is 23.1 Å². The van der Waals surface area contributed by atoms with E-state index in [4.69, 9.17) is 16.3 Å². The van der Waals surface area contributed by atoms with Gasteiger partial charge in [0.25, 0.3) is 0 Å². The molecule has 8 heteroatoms. The zero-order chi connectivity index (χ0) is 14.8. The number of benzene rings is 1. The van der Waals surface area contributed by atoms with Crippen LogP contribution >= 0.6 is 11.6 Å². The zero-order valence-corrected chi connectivity index (χ0v) is 12.5. The topological polar surface area (TPSA) is 58.6 Å². The Labute approximate surface area is 122 Å². The Morgan fingerprint density at radius 3 is 2.95 bits per heavy atom. The maximum Gasteiger partial charge on any atom is 0.243 e. The first kappa shape index (κ1) is 15.7. The molecular weight excluding hydrogens is 307 g/mol. The van der Waals surface area contributed by atoms with Crippen LogP contribution in [-0.4, -0.2) is 52.1 Å². The minimum atomic E-state index is -3.68. The van der Waals surface area contributed by atoms with Gasteiger partial charge in [0.15, 0.2) is 0 Å². The summed E-state index contributed by atoms with van der Waals surface area (Å²) >= 11 is 5.64. The molecule has 0 bridgehead atoms. The van der Waals surface area contributed by atoms with Crippen LogP contribution in [0.25, 0.3) is 0 Å². The van der Waals surface area contributed by atoms with E-state index in [1.54, 1.807) is 7.05 Å². The SMILES string of the molecule is CNCC1CN(S(=O)(=O)c2ccc(F)c(Cl)c2)CCO1. The number of hydrogen-bond acceptors (Lipinski definition) is 4. The smallest absolute Gasteiger partial charge is 0.243 e. The Hall–Kier alpha value is -0.730. The monoisotopic (exact) mass is 322 g/mol. The van der Waals surface area contributed by atoms with Gasteiger partial charge < -0.3 is 10.1 Å². The molecule has 0 aliphatic carbocycles. The Bertz CT molecular complexity index is 580. The van der Waals surface area contributed by atoms with Gasteiger partial charge in [-0.3, -0.25) is 0 Å². The van der Waals surface area contributed by atoms with Crippen molar-refractivity contribution in [1.29, 1.82) is 0 Å². The van der Waals surface area contributed by atoms with Gasteiger partial charge in [0, 0.05) is 19.6 Å². The number of morpholine rings is 1. The lowest BCUT2D eigenvalue weighted by Gasteiger charge is -2.32. The largest absolute Gasteiger partial charge is 0.374 e. The molecular formula is C12H16ClFN2O3S. The molecule has 1 aromatic rings. The minimum Gasteiger partial charge on any atom is -0.374 e. The van der Waals surface area contributed by atoms with Gasteiger partial charge in [0.05, 0.1) is 22.6 Å². The first-order valence-corrected chi connectivity index (χ1v) is 7.98. The van der Waals surface area contributed by atoms with Gasteiger partial charge in [-0.05, 0) is 25.2 Å². The molecule has 1 aliphatic rings. The second-order valence-corrected chi connectivity index (χ2v) is 6.83. The van der Waals surface area contributed by atoms with Crippen LogP contribution in [-0.2, 0) is 14.8 Å². The summed E-state index contributed by atoms with van der Waals surface area (Å²) in [6.07, 6.45) is -0.195. The summed E-state index contributed by atoms with van der Waals surface area (Å²) in [5.74, 6) is -0.638. The highest BCUT2D eigenvalue weighted by molar-refractivity contribution is 7.89. The fraction of sp³-hybridized carbons (Fsp3) is 0.500. The Morgan fingerprint density at radius 1 is 1.55 bits per heavy atom. The highest BCUT2D eigenvalue weighted by Gasteiger charge is 2.30. The molecule has 1 atom stereocenters. The van der Waals surface area contributed by atoms with Gasteiger partial charge in [-0.1, -0.05) is 11.6 Å². The van der Waals surface area contributed by atoms with Crippen molar-refractivity contribution in [2.75, 3.05) is 33.3 Å². The summed E-state index contributed by atoms with van der Waals surface area (Å²) in [6.45, 7) is 1.44. The number of nitrogens with one attached hydrogen (secondary N) is 1. The first-order valence-electron chi connectivity index (χ1n) is 6.16. The maximum atomic E-state index is 13.1. The molecule has 1 saturated heterocycles. The summed E-state index contributed by atoms with van der Waals surface area (Å²) in [5.41, 5.74) is 0. The van der Waals surface area contributed by atoms with E-state index in [1.165, 1.54) is 10.4 Å². The molecule has 0 spiro atoms. The van der Waals surface area contributed by atoms with Gasteiger partial charge in [0.2, 0.25) is 10.0 Å². The second kappa shape index (κ2) is 6.36. The van der Waals surface area contributed by atoms with Crippen molar-refractivity contribution in [1.82, 2.24) is 9.62 Å². The third kappa shape index (κ3) is 3.29. The van der Waals surface area contributed by atoms with Crippen LogP contribution in [0.5, 0.6) is 0 Å². The normalized spacial score (nSPS) is 21.1. The number of halogens is 2. The van der Waals surface area contributed by atoms with E-state index in [0.717, 1.165) is 12.1 Å². The Balaban J connectivity index is 2.23. The van der Waals surface area contributed by atoms with Crippen molar-refractivity contribution in [2.24, 2.45) is 0 Å². The van der Waals surface area contributed by atoms with Crippen molar-refractivity contribution in [2.45, 2.75) is 11.0 Å². The van der Waals surface area contributed by atoms with E-state index in [1.807, 2.05) is 0 Å². The Kier molecular flexibility index (Phi) is 4.98. The molecule has 5 nitrogen and oxygen atoms in total. The predicted molar refractivity (Wildman–Crippen MR) is 73.8 cm³/mol. The third-order valence-corrected chi connectivity index (χ3v) is 5.21. The van der Waals surface area contributed by atoms with Crippen molar-refractivity contribution in [3.63, 3.8) is 0 Å². The molecule has 1 heterocycles. The zero-order valence-electron chi connectivity index (χ0n) is 11.0. The van der Waals surface area contributed by atoms with Gasteiger partial charge in [-0.25, -0.2) is 12.8 Å². The quantitative estimate of drug-likeness (QED) is 0.901. The lowest BCUT2D eigenvalue weighted by Crippen LogP contribution is -2.48. The lowest BCUT2D eigenvalue weighted by atomic mass is 10.3. The molecule has 0 amide bonds. The van der Waals surface area contributed by atoms with Gasteiger partial charge >= 0.3 is 0 Å². The summed E-state index contributed by atoms with van der Waals surface area (Å²) in [7, 11) is -1.90. The summed E-state index contributed by atoms with van der Waals surface area (Å²) in [4.78, 5) is -0.00555. The Morgan fingerprint density at radius 2 is 2.30 bits per heavy atom. The van der Waals surface area contributed by atoms with Gasteiger partial charge in [-0.15, -0.1) is 0 Å². The van der Waals surface area contributed by atoms with Gasteiger partial charge in [-0.2, -0.15) is 4.31 Å². The van der Waals surface area contributed by atoms with Crippen LogP contribution in [0, 0.1) is 5.82 Å². The van der Waals surface area contributed by atoms with Gasteiger partial charge in [0.1, 0.15) is 5.82 Å². The molecule has 1 aromatic carbocycles. The summed E-state index contributed by atoms with van der Waals surface area (Å²) < 4.78 is 44.9. The molecule has 1 fully saturated rings. The maximum absolute atomic E-state index is 13.1. The number of ether oxygens (including phenoxy) is 1. The van der Waals surface area contributed by atoms with E-state index in [-0.39, 0.29) is 29.1 Å². The van der Waals surface area contributed by atoms with E-state index in [2.05, 4.69) is 5.32 Å². The number of likely N-dealkylation sites (N-methyl/N-ethyl adjacent to an activating group) is 1. The molecule has 112 valence electrons. The predicted octanol–water partition coefficient (Wildman–Crippen LogP) is 1.09. The van der Waals surface area contributed by atoms with Crippen LogP contribution in [0.1, 0.15) is 0 Å². The third-order valence-electron chi connectivity index (χ3n) is 3.06. The molecule has 1 unspecified atom stereocenters. The fourth-order valence-electron chi connectivity index (χ4n) is 2.05. The highest BCUT2D eigenvalue weighted by atomic mass is 35.5. The lowest BCUT2D eigenvalue weighted by molar-refractivity contribution is 0.000823. The fourth-order valence-corrected chi connectivity index (χ4v) is 3.78.